The number of amides is 1. The highest BCUT2D eigenvalue weighted by Gasteiger charge is 2.25. The summed E-state index contributed by atoms with van der Waals surface area (Å²) in [5, 5.41) is 3.57. The zero-order valence-corrected chi connectivity index (χ0v) is 14.0. The lowest BCUT2D eigenvalue weighted by Gasteiger charge is -2.32. The van der Waals surface area contributed by atoms with Crippen molar-refractivity contribution >= 4 is 6.09 Å². The van der Waals surface area contributed by atoms with E-state index in [2.05, 4.69) is 29.6 Å². The molecule has 22 heavy (non-hydrogen) atoms. The molecule has 0 bridgehead atoms. The van der Waals surface area contributed by atoms with E-state index in [1.165, 1.54) is 5.56 Å². The summed E-state index contributed by atoms with van der Waals surface area (Å²) in [7, 11) is 0. The Hall–Kier alpha value is -1.55. The molecule has 0 aliphatic carbocycles. The maximum absolute atomic E-state index is 12.4. The molecule has 1 aliphatic heterocycles. The summed E-state index contributed by atoms with van der Waals surface area (Å²) >= 11 is 0. The quantitative estimate of drug-likeness (QED) is 0.912. The third-order valence-corrected chi connectivity index (χ3v) is 3.71. The number of hydrogen-bond acceptors (Lipinski definition) is 3. The van der Waals surface area contributed by atoms with Crippen LogP contribution in [0.1, 0.15) is 39.2 Å². The maximum Gasteiger partial charge on any atom is 0.410 e. The molecule has 1 aromatic rings. The number of ether oxygens (including phenoxy) is 1. The largest absolute Gasteiger partial charge is 0.444 e. The Morgan fingerprint density at radius 3 is 2.68 bits per heavy atom. The average Bonchev–Trinajstić information content (AvgIpc) is 2.40. The van der Waals surface area contributed by atoms with Gasteiger partial charge in [-0.2, -0.15) is 0 Å². The van der Waals surface area contributed by atoms with E-state index in [4.69, 9.17) is 4.74 Å². The molecule has 1 fully saturated rings. The molecule has 1 amide bonds. The van der Waals surface area contributed by atoms with Crippen molar-refractivity contribution in [2.75, 3.05) is 19.6 Å². The molecule has 0 spiro atoms. The number of carbonyl (C=O) groups is 1. The van der Waals surface area contributed by atoms with E-state index in [1.54, 1.807) is 0 Å². The molecule has 1 aromatic carbocycles. The predicted molar refractivity (Wildman–Crippen MR) is 89.0 cm³/mol. The van der Waals surface area contributed by atoms with Crippen molar-refractivity contribution in [3.63, 3.8) is 0 Å². The van der Waals surface area contributed by atoms with Crippen LogP contribution >= 0.6 is 0 Å². The summed E-state index contributed by atoms with van der Waals surface area (Å²) in [5.41, 5.74) is 0.853. The average molecular weight is 304 g/mol. The van der Waals surface area contributed by atoms with Crippen LogP contribution in [-0.2, 0) is 11.2 Å². The number of benzene rings is 1. The smallest absolute Gasteiger partial charge is 0.410 e. The van der Waals surface area contributed by atoms with Gasteiger partial charge in [0.25, 0.3) is 0 Å². The Balaban J connectivity index is 1.99. The molecule has 4 heteroatoms. The van der Waals surface area contributed by atoms with Gasteiger partial charge < -0.3 is 15.0 Å². The standard InChI is InChI=1S/C18H28N2O2/c1-18(2,3)22-17(21)20-12-8-7-11-19-16(14-20)13-15-9-5-4-6-10-15/h4-6,9-10,16,19H,7-8,11-14H2,1-3H3/t16-/m0/s1. The Kier molecular flexibility index (Phi) is 5.83. The minimum Gasteiger partial charge on any atom is -0.444 e. The summed E-state index contributed by atoms with van der Waals surface area (Å²) in [6.07, 6.45) is 2.84. The molecule has 1 N–H and O–H groups in total. The Labute approximate surface area is 133 Å². The van der Waals surface area contributed by atoms with Gasteiger partial charge in [0.15, 0.2) is 0 Å². The molecule has 1 saturated heterocycles. The first-order chi connectivity index (χ1) is 10.4. The van der Waals surface area contributed by atoms with Gasteiger partial charge in [0.05, 0.1) is 0 Å². The van der Waals surface area contributed by atoms with Crippen LogP contribution in [0.25, 0.3) is 0 Å². The van der Waals surface area contributed by atoms with E-state index in [-0.39, 0.29) is 12.1 Å². The van der Waals surface area contributed by atoms with Crippen LogP contribution in [0.3, 0.4) is 0 Å². The first-order valence-electron chi connectivity index (χ1n) is 8.19. The molecule has 4 nitrogen and oxygen atoms in total. The molecule has 0 aromatic heterocycles. The van der Waals surface area contributed by atoms with Gasteiger partial charge in [-0.1, -0.05) is 30.3 Å². The van der Waals surface area contributed by atoms with Crippen molar-refractivity contribution in [2.45, 2.75) is 51.7 Å². The lowest BCUT2D eigenvalue weighted by atomic mass is 10.0. The lowest BCUT2D eigenvalue weighted by molar-refractivity contribution is 0.0219. The number of carbonyl (C=O) groups excluding carboxylic acids is 1. The highest BCUT2D eigenvalue weighted by Crippen LogP contribution is 2.13. The maximum atomic E-state index is 12.4. The van der Waals surface area contributed by atoms with Gasteiger partial charge >= 0.3 is 6.09 Å². The molecule has 2 rings (SSSR count). The minimum absolute atomic E-state index is 0.200. The fourth-order valence-electron chi connectivity index (χ4n) is 2.68. The summed E-state index contributed by atoms with van der Waals surface area (Å²) < 4.78 is 5.53. The third-order valence-electron chi connectivity index (χ3n) is 3.71. The van der Waals surface area contributed by atoms with Crippen LogP contribution in [0, 0.1) is 0 Å². The molecule has 0 unspecified atom stereocenters. The highest BCUT2D eigenvalue weighted by atomic mass is 16.6. The molecule has 1 heterocycles. The van der Waals surface area contributed by atoms with Gasteiger partial charge in [-0.3, -0.25) is 0 Å². The van der Waals surface area contributed by atoms with E-state index >= 15 is 0 Å². The van der Waals surface area contributed by atoms with E-state index < -0.39 is 5.60 Å². The van der Waals surface area contributed by atoms with E-state index in [0.29, 0.717) is 6.54 Å². The Morgan fingerprint density at radius 1 is 1.27 bits per heavy atom. The predicted octanol–water partition coefficient (Wildman–Crippen LogP) is 3.22. The fourth-order valence-corrected chi connectivity index (χ4v) is 2.68. The van der Waals surface area contributed by atoms with Gasteiger partial charge in [-0.05, 0) is 52.1 Å². The van der Waals surface area contributed by atoms with Crippen LogP contribution in [0.15, 0.2) is 30.3 Å². The van der Waals surface area contributed by atoms with Crippen molar-refractivity contribution in [1.82, 2.24) is 10.2 Å². The normalized spacial score (nSPS) is 20.1. The first-order valence-corrected chi connectivity index (χ1v) is 8.19. The third kappa shape index (κ3) is 5.68. The summed E-state index contributed by atoms with van der Waals surface area (Å²) in [4.78, 5) is 14.2. The van der Waals surface area contributed by atoms with Crippen molar-refractivity contribution in [3.8, 4) is 0 Å². The Morgan fingerprint density at radius 2 is 2.00 bits per heavy atom. The van der Waals surface area contributed by atoms with E-state index in [9.17, 15) is 4.79 Å². The summed E-state index contributed by atoms with van der Waals surface area (Å²) in [5.74, 6) is 0. The fraction of sp³-hybridized carbons (Fsp3) is 0.611. The second-order valence-corrected chi connectivity index (χ2v) is 6.97. The van der Waals surface area contributed by atoms with Gasteiger partial charge in [0.2, 0.25) is 0 Å². The van der Waals surface area contributed by atoms with Crippen LogP contribution in [-0.4, -0.2) is 42.3 Å². The molecule has 0 saturated carbocycles. The van der Waals surface area contributed by atoms with Crippen LogP contribution < -0.4 is 5.32 Å². The second-order valence-electron chi connectivity index (χ2n) is 6.97. The monoisotopic (exact) mass is 304 g/mol. The van der Waals surface area contributed by atoms with Gasteiger partial charge in [0.1, 0.15) is 5.60 Å². The van der Waals surface area contributed by atoms with E-state index in [0.717, 1.165) is 32.4 Å². The van der Waals surface area contributed by atoms with Crippen molar-refractivity contribution in [3.05, 3.63) is 35.9 Å². The van der Waals surface area contributed by atoms with Crippen LogP contribution in [0.2, 0.25) is 0 Å². The number of nitrogens with zero attached hydrogens (tertiary/aromatic N) is 1. The topological polar surface area (TPSA) is 41.6 Å². The minimum atomic E-state index is -0.443. The van der Waals surface area contributed by atoms with Gasteiger partial charge in [-0.25, -0.2) is 4.79 Å². The Bertz CT molecular complexity index is 468. The molecule has 122 valence electrons. The summed E-state index contributed by atoms with van der Waals surface area (Å²) in [6, 6.07) is 10.7. The molecule has 0 radical (unpaired) electrons. The lowest BCUT2D eigenvalue weighted by Crippen LogP contribution is -2.48. The van der Waals surface area contributed by atoms with Crippen molar-refractivity contribution < 1.29 is 9.53 Å². The van der Waals surface area contributed by atoms with Gasteiger partial charge in [-0.15, -0.1) is 0 Å². The van der Waals surface area contributed by atoms with E-state index in [1.807, 2.05) is 31.7 Å². The zero-order valence-electron chi connectivity index (χ0n) is 14.0. The number of nitrogens with one attached hydrogen (secondary N) is 1. The summed E-state index contributed by atoms with van der Waals surface area (Å²) in [6.45, 7) is 8.23. The van der Waals surface area contributed by atoms with Crippen LogP contribution in [0.4, 0.5) is 4.79 Å². The molecule has 1 aliphatic rings. The van der Waals surface area contributed by atoms with Crippen molar-refractivity contribution in [2.24, 2.45) is 0 Å². The van der Waals surface area contributed by atoms with Crippen LogP contribution in [0.5, 0.6) is 0 Å². The number of hydrogen-bond donors (Lipinski definition) is 1. The first kappa shape index (κ1) is 16.8. The molecular formula is C18H28N2O2. The highest BCUT2D eigenvalue weighted by molar-refractivity contribution is 5.68. The SMILES string of the molecule is CC(C)(C)OC(=O)N1CCCCN[C@@H](Cc2ccccc2)C1. The zero-order chi connectivity index (χ0) is 16.0. The van der Waals surface area contributed by atoms with Crippen molar-refractivity contribution in [1.29, 1.82) is 0 Å². The number of rotatable bonds is 2. The molecular weight excluding hydrogens is 276 g/mol. The second kappa shape index (κ2) is 7.63. The van der Waals surface area contributed by atoms with Gasteiger partial charge in [0, 0.05) is 19.1 Å². The molecule has 1 atom stereocenters.